The molecule has 1 rings (SSSR count). The number of hydrogen-bond donors (Lipinski definition) is 2. The summed E-state index contributed by atoms with van der Waals surface area (Å²) in [5.41, 5.74) is 6.73. The zero-order chi connectivity index (χ0) is 13.1. The second-order valence-electron chi connectivity index (χ2n) is 4.54. The molecule has 18 heavy (non-hydrogen) atoms. The van der Waals surface area contributed by atoms with E-state index in [1.54, 1.807) is 0 Å². The van der Waals surface area contributed by atoms with Crippen molar-refractivity contribution in [2.24, 2.45) is 5.73 Å². The molecule has 0 aromatic heterocycles. The Balaban J connectivity index is 1.99. The van der Waals surface area contributed by atoms with Crippen molar-refractivity contribution >= 4 is 5.91 Å². The second-order valence-corrected chi connectivity index (χ2v) is 4.54. The number of hydrogen-bond acceptors (Lipinski definition) is 2. The molecule has 0 spiro atoms. The maximum atomic E-state index is 11.5. The number of nitrogens with one attached hydrogen (secondary N) is 1. The molecule has 100 valence electrons. The fraction of sp³-hybridized carbons (Fsp3) is 0.533. The predicted molar refractivity (Wildman–Crippen MR) is 75.3 cm³/mol. The second kappa shape index (κ2) is 9.66. The summed E-state index contributed by atoms with van der Waals surface area (Å²) in [6, 6.07) is 10.4. The van der Waals surface area contributed by atoms with E-state index in [9.17, 15) is 4.79 Å². The highest BCUT2D eigenvalue weighted by Gasteiger charge is 2.00. The number of carbonyl (C=O) groups is 1. The van der Waals surface area contributed by atoms with Crippen LogP contribution >= 0.6 is 0 Å². The lowest BCUT2D eigenvalue weighted by molar-refractivity contribution is -0.121. The third-order valence-electron chi connectivity index (χ3n) is 2.92. The molecule has 0 unspecified atom stereocenters. The average Bonchev–Trinajstić information content (AvgIpc) is 2.41. The van der Waals surface area contributed by atoms with Crippen LogP contribution in [0, 0.1) is 0 Å². The molecule has 0 aliphatic heterocycles. The lowest BCUT2D eigenvalue weighted by atomic mass is 10.1. The van der Waals surface area contributed by atoms with Crippen LogP contribution < -0.4 is 11.1 Å². The summed E-state index contributed by atoms with van der Waals surface area (Å²) >= 11 is 0. The topological polar surface area (TPSA) is 55.1 Å². The molecule has 0 bridgehead atoms. The minimum Gasteiger partial charge on any atom is -0.356 e. The van der Waals surface area contributed by atoms with E-state index in [-0.39, 0.29) is 5.91 Å². The fourth-order valence-corrected chi connectivity index (χ4v) is 1.86. The van der Waals surface area contributed by atoms with Crippen LogP contribution in [-0.4, -0.2) is 19.0 Å². The van der Waals surface area contributed by atoms with Gasteiger partial charge in [0, 0.05) is 13.0 Å². The van der Waals surface area contributed by atoms with E-state index in [1.807, 2.05) is 18.2 Å². The van der Waals surface area contributed by atoms with Crippen LogP contribution in [0.5, 0.6) is 0 Å². The molecule has 1 aromatic carbocycles. The molecular weight excluding hydrogens is 224 g/mol. The van der Waals surface area contributed by atoms with Gasteiger partial charge in [-0.15, -0.1) is 0 Å². The normalized spacial score (nSPS) is 10.3. The maximum absolute atomic E-state index is 11.5. The molecular formula is C15H24N2O. The number of nitrogens with two attached hydrogens (primary N) is 1. The molecule has 3 N–H and O–H groups in total. The summed E-state index contributed by atoms with van der Waals surface area (Å²) in [5, 5.41) is 2.96. The largest absolute Gasteiger partial charge is 0.356 e. The fourth-order valence-electron chi connectivity index (χ4n) is 1.86. The van der Waals surface area contributed by atoms with Crippen molar-refractivity contribution in [2.75, 3.05) is 13.1 Å². The summed E-state index contributed by atoms with van der Waals surface area (Å²) in [6.07, 6.45) is 5.66. The lowest BCUT2D eigenvalue weighted by Gasteiger charge is -2.05. The van der Waals surface area contributed by atoms with Gasteiger partial charge in [-0.3, -0.25) is 4.79 Å². The van der Waals surface area contributed by atoms with Gasteiger partial charge in [0.05, 0.1) is 0 Å². The number of rotatable bonds is 9. The Morgan fingerprint density at radius 3 is 2.56 bits per heavy atom. The molecule has 0 heterocycles. The monoisotopic (exact) mass is 248 g/mol. The van der Waals surface area contributed by atoms with Crippen molar-refractivity contribution < 1.29 is 4.79 Å². The number of carbonyl (C=O) groups excluding carboxylic acids is 1. The Kier molecular flexibility index (Phi) is 7.89. The van der Waals surface area contributed by atoms with E-state index < -0.39 is 0 Å². The summed E-state index contributed by atoms with van der Waals surface area (Å²) < 4.78 is 0. The van der Waals surface area contributed by atoms with Crippen molar-refractivity contribution in [3.8, 4) is 0 Å². The van der Waals surface area contributed by atoms with Crippen molar-refractivity contribution in [2.45, 2.75) is 38.5 Å². The lowest BCUT2D eigenvalue weighted by Crippen LogP contribution is -2.24. The van der Waals surface area contributed by atoms with Crippen LogP contribution in [0.3, 0.4) is 0 Å². The van der Waals surface area contributed by atoms with E-state index in [2.05, 4.69) is 17.4 Å². The molecule has 3 nitrogen and oxygen atoms in total. The molecule has 0 radical (unpaired) electrons. The first-order valence-corrected chi connectivity index (χ1v) is 6.83. The number of unbranched alkanes of at least 4 members (excludes halogenated alkanes) is 2. The number of amides is 1. The zero-order valence-electron chi connectivity index (χ0n) is 11.0. The van der Waals surface area contributed by atoms with Crippen LogP contribution in [0.1, 0.15) is 37.7 Å². The average molecular weight is 248 g/mol. The summed E-state index contributed by atoms with van der Waals surface area (Å²) in [7, 11) is 0. The first-order valence-electron chi connectivity index (χ1n) is 6.83. The van der Waals surface area contributed by atoms with Gasteiger partial charge in [-0.1, -0.05) is 36.8 Å². The molecule has 0 atom stereocenters. The van der Waals surface area contributed by atoms with Crippen molar-refractivity contribution in [3.05, 3.63) is 35.9 Å². The van der Waals surface area contributed by atoms with Crippen LogP contribution in [-0.2, 0) is 11.2 Å². The van der Waals surface area contributed by atoms with Crippen LogP contribution in [0.2, 0.25) is 0 Å². The SMILES string of the molecule is NCCCCCC(=O)NCCCc1ccccc1. The predicted octanol–water partition coefficient (Wildman–Crippen LogP) is 2.25. The smallest absolute Gasteiger partial charge is 0.219 e. The Morgan fingerprint density at radius 2 is 1.83 bits per heavy atom. The highest BCUT2D eigenvalue weighted by atomic mass is 16.1. The van der Waals surface area contributed by atoms with Crippen LogP contribution in [0.4, 0.5) is 0 Å². The van der Waals surface area contributed by atoms with Gasteiger partial charge in [-0.2, -0.15) is 0 Å². The van der Waals surface area contributed by atoms with E-state index in [0.29, 0.717) is 6.42 Å². The summed E-state index contributed by atoms with van der Waals surface area (Å²) in [6.45, 7) is 1.49. The maximum Gasteiger partial charge on any atom is 0.219 e. The number of benzene rings is 1. The summed E-state index contributed by atoms with van der Waals surface area (Å²) in [4.78, 5) is 11.5. The molecule has 3 heteroatoms. The molecule has 0 saturated heterocycles. The van der Waals surface area contributed by atoms with Gasteiger partial charge in [0.25, 0.3) is 0 Å². The molecule has 1 aromatic rings. The molecule has 0 fully saturated rings. The first-order chi connectivity index (χ1) is 8.83. The highest BCUT2D eigenvalue weighted by Crippen LogP contribution is 2.02. The van der Waals surface area contributed by atoms with Gasteiger partial charge in [-0.25, -0.2) is 0 Å². The Hall–Kier alpha value is -1.35. The Morgan fingerprint density at radius 1 is 1.06 bits per heavy atom. The third-order valence-corrected chi connectivity index (χ3v) is 2.92. The zero-order valence-corrected chi connectivity index (χ0v) is 11.0. The minimum atomic E-state index is 0.167. The van der Waals surface area contributed by atoms with Gasteiger partial charge in [0.15, 0.2) is 0 Å². The molecule has 0 aliphatic carbocycles. The molecule has 0 aliphatic rings. The first kappa shape index (κ1) is 14.7. The van der Waals surface area contributed by atoms with Gasteiger partial charge < -0.3 is 11.1 Å². The van der Waals surface area contributed by atoms with E-state index >= 15 is 0 Å². The van der Waals surface area contributed by atoms with Crippen LogP contribution in [0.25, 0.3) is 0 Å². The highest BCUT2D eigenvalue weighted by molar-refractivity contribution is 5.75. The molecule has 0 saturated carbocycles. The number of aryl methyl sites for hydroxylation is 1. The van der Waals surface area contributed by atoms with E-state index in [1.165, 1.54) is 5.56 Å². The van der Waals surface area contributed by atoms with Gasteiger partial charge >= 0.3 is 0 Å². The van der Waals surface area contributed by atoms with Gasteiger partial charge in [0.2, 0.25) is 5.91 Å². The third kappa shape index (κ3) is 7.07. The molecule has 1 amide bonds. The van der Waals surface area contributed by atoms with Crippen molar-refractivity contribution in [1.29, 1.82) is 0 Å². The standard InChI is InChI=1S/C15H24N2O/c16-12-6-2-5-11-15(18)17-13-7-10-14-8-3-1-4-9-14/h1,3-4,8-9H,2,5-7,10-13,16H2,(H,17,18). The van der Waals surface area contributed by atoms with Crippen LogP contribution in [0.15, 0.2) is 30.3 Å². The van der Waals surface area contributed by atoms with Crippen molar-refractivity contribution in [1.82, 2.24) is 5.32 Å². The van der Waals surface area contributed by atoms with Crippen molar-refractivity contribution in [3.63, 3.8) is 0 Å². The Bertz CT molecular complexity index is 325. The van der Waals surface area contributed by atoms with Gasteiger partial charge in [-0.05, 0) is 37.8 Å². The van der Waals surface area contributed by atoms with Gasteiger partial charge in [0.1, 0.15) is 0 Å². The van der Waals surface area contributed by atoms with E-state index in [4.69, 9.17) is 5.73 Å². The quantitative estimate of drug-likeness (QED) is 0.659. The summed E-state index contributed by atoms with van der Waals surface area (Å²) in [5.74, 6) is 0.167. The van der Waals surface area contributed by atoms with E-state index in [0.717, 1.165) is 45.2 Å². The minimum absolute atomic E-state index is 0.167. The Labute approximate surface area is 110 Å².